The van der Waals surface area contributed by atoms with Crippen molar-refractivity contribution in [2.24, 2.45) is 0 Å². The third kappa shape index (κ3) is 2.05. The molecule has 2 aliphatic rings. The highest BCUT2D eigenvalue weighted by atomic mass is 31.1. The summed E-state index contributed by atoms with van der Waals surface area (Å²) >= 11 is 0. The number of H-pyrrole nitrogens is 1. The fourth-order valence-electron chi connectivity index (χ4n) is 2.15. The molecule has 0 aromatic carbocycles. The van der Waals surface area contributed by atoms with Crippen LogP contribution in [0.25, 0.3) is 0 Å². The lowest BCUT2D eigenvalue weighted by Crippen LogP contribution is -2.44. The molecule has 0 bridgehead atoms. The minimum Gasteiger partial charge on any atom is -0.343 e. The number of nitrogens with one attached hydrogen (secondary N) is 1. The molecule has 3 heterocycles. The number of hydrogen-bond donors (Lipinski definition) is 1. The quantitative estimate of drug-likeness (QED) is 0.726. The summed E-state index contributed by atoms with van der Waals surface area (Å²) in [5.74, 6) is -3.59. The van der Waals surface area contributed by atoms with Crippen LogP contribution in [-0.2, 0) is 18.3 Å². The molecule has 20 heavy (non-hydrogen) atoms. The van der Waals surface area contributed by atoms with Gasteiger partial charge in [-0.2, -0.15) is 8.78 Å². The molecule has 8 nitrogen and oxygen atoms in total. The number of alkyl halides is 2. The molecule has 0 spiro atoms. The molecule has 110 valence electrons. The first-order chi connectivity index (χ1) is 9.39. The maximum absolute atomic E-state index is 14.2. The van der Waals surface area contributed by atoms with Gasteiger partial charge in [-0.15, -0.1) is 0 Å². The van der Waals surface area contributed by atoms with E-state index in [1.54, 1.807) is 0 Å². The first-order valence-electron chi connectivity index (χ1n) is 5.58. The Kier molecular flexibility index (Phi) is 3.13. The summed E-state index contributed by atoms with van der Waals surface area (Å²) in [4.78, 5) is 24.3. The van der Waals surface area contributed by atoms with Gasteiger partial charge in [0.15, 0.2) is 6.10 Å². The maximum atomic E-state index is 14.2. The highest BCUT2D eigenvalue weighted by Crippen LogP contribution is 2.50. The molecule has 2 fully saturated rings. The van der Waals surface area contributed by atoms with Crippen molar-refractivity contribution < 1.29 is 27.1 Å². The molecule has 0 amide bonds. The molecule has 3 rings (SSSR count). The van der Waals surface area contributed by atoms with Gasteiger partial charge in [0, 0.05) is 12.3 Å². The summed E-state index contributed by atoms with van der Waals surface area (Å²) in [5, 5.41) is 0. The van der Waals surface area contributed by atoms with E-state index in [-0.39, 0.29) is 6.61 Å². The van der Waals surface area contributed by atoms with Gasteiger partial charge in [0.25, 0.3) is 5.56 Å². The van der Waals surface area contributed by atoms with Crippen molar-refractivity contribution >= 4 is 8.25 Å². The van der Waals surface area contributed by atoms with E-state index in [0.717, 1.165) is 12.3 Å². The third-order valence-electron chi connectivity index (χ3n) is 3.04. The summed E-state index contributed by atoms with van der Waals surface area (Å²) in [6, 6.07) is 0.920. The van der Waals surface area contributed by atoms with Crippen LogP contribution in [0.15, 0.2) is 21.9 Å². The number of fused-ring (bicyclic) bond motifs is 1. The molecule has 0 aliphatic carbocycles. The predicted molar refractivity (Wildman–Crippen MR) is 60.0 cm³/mol. The van der Waals surface area contributed by atoms with Gasteiger partial charge in [0.2, 0.25) is 6.23 Å². The third-order valence-corrected chi connectivity index (χ3v) is 3.89. The van der Waals surface area contributed by atoms with Crippen molar-refractivity contribution in [3.8, 4) is 0 Å². The van der Waals surface area contributed by atoms with Gasteiger partial charge >= 0.3 is 19.9 Å². The van der Waals surface area contributed by atoms with E-state index in [1.165, 1.54) is 0 Å². The Morgan fingerprint density at radius 1 is 1.45 bits per heavy atom. The van der Waals surface area contributed by atoms with Crippen molar-refractivity contribution in [1.82, 2.24) is 9.55 Å². The monoisotopic (exact) mass is 310 g/mol. The van der Waals surface area contributed by atoms with Gasteiger partial charge in [0.05, 0.1) is 6.61 Å². The molecule has 1 N–H and O–H groups in total. The van der Waals surface area contributed by atoms with Crippen molar-refractivity contribution in [2.75, 3.05) is 6.61 Å². The molecule has 2 aliphatic heterocycles. The van der Waals surface area contributed by atoms with Crippen LogP contribution in [0.2, 0.25) is 0 Å². The first kappa shape index (κ1) is 13.6. The Morgan fingerprint density at radius 3 is 2.90 bits per heavy atom. The maximum Gasteiger partial charge on any atom is 0.330 e. The Balaban J connectivity index is 2.00. The van der Waals surface area contributed by atoms with E-state index in [4.69, 9.17) is 4.74 Å². The molecule has 0 radical (unpaired) electrons. The molecule has 1 aromatic heterocycles. The SMILES string of the molecule is O=c1ccn([C@@H]2O[C@@H]3CO[PH](=O)O[C@H]3C2(F)F)c(=O)[nH]1. The molecule has 1 aromatic rings. The van der Waals surface area contributed by atoms with Gasteiger partial charge in [-0.25, -0.2) is 4.79 Å². The Bertz CT molecular complexity index is 673. The lowest BCUT2D eigenvalue weighted by atomic mass is 10.1. The summed E-state index contributed by atoms with van der Waals surface area (Å²) in [6.45, 7) is -0.313. The minimum absolute atomic E-state index is 0.313. The average molecular weight is 310 g/mol. The van der Waals surface area contributed by atoms with Crippen LogP contribution in [0.4, 0.5) is 8.78 Å². The van der Waals surface area contributed by atoms with E-state index in [9.17, 15) is 22.9 Å². The number of hydrogen-bond acceptors (Lipinski definition) is 6. The number of aromatic nitrogens is 2. The standard InChI is InChI=1S/C9H9F2N2O6P/c10-9(11)6-4(3-17-20(16)19-6)18-7(9)13-2-1-5(14)12-8(13)15/h1-2,4,6-7,20H,3H2,(H,12,14,15)/t4-,6-,7-/m1/s1. The zero-order valence-corrected chi connectivity index (χ0v) is 10.7. The van der Waals surface area contributed by atoms with E-state index < -0.39 is 43.9 Å². The second-order valence-electron chi connectivity index (χ2n) is 4.32. The van der Waals surface area contributed by atoms with Crippen molar-refractivity contribution in [3.63, 3.8) is 0 Å². The Labute approximate surface area is 110 Å². The summed E-state index contributed by atoms with van der Waals surface area (Å²) in [7, 11) is -2.99. The Hall–Kier alpha value is -1.35. The summed E-state index contributed by atoms with van der Waals surface area (Å²) < 4.78 is 54.3. The summed E-state index contributed by atoms with van der Waals surface area (Å²) in [5.41, 5.74) is -1.75. The van der Waals surface area contributed by atoms with Gasteiger partial charge < -0.3 is 9.26 Å². The number of halogens is 2. The smallest absolute Gasteiger partial charge is 0.330 e. The summed E-state index contributed by atoms with van der Waals surface area (Å²) in [6.07, 6.45) is -3.96. The van der Waals surface area contributed by atoms with Crippen LogP contribution in [0.5, 0.6) is 0 Å². The van der Waals surface area contributed by atoms with Crippen LogP contribution in [0.3, 0.4) is 0 Å². The second kappa shape index (κ2) is 4.59. The highest BCUT2D eigenvalue weighted by Gasteiger charge is 2.63. The van der Waals surface area contributed by atoms with Crippen LogP contribution in [-0.4, -0.2) is 34.3 Å². The molecule has 2 saturated heterocycles. The van der Waals surface area contributed by atoms with Crippen LogP contribution >= 0.6 is 8.25 Å². The second-order valence-corrected chi connectivity index (χ2v) is 5.34. The predicted octanol–water partition coefficient (Wildman–Crippen LogP) is -0.126. The number of aromatic amines is 1. The van der Waals surface area contributed by atoms with Gasteiger partial charge in [-0.3, -0.25) is 23.4 Å². The van der Waals surface area contributed by atoms with E-state index in [1.807, 2.05) is 4.98 Å². The molecular weight excluding hydrogens is 301 g/mol. The van der Waals surface area contributed by atoms with E-state index >= 15 is 0 Å². The van der Waals surface area contributed by atoms with Gasteiger partial charge in [0.1, 0.15) is 6.10 Å². The average Bonchev–Trinajstić information content (AvgIpc) is 2.62. The molecule has 11 heteroatoms. The van der Waals surface area contributed by atoms with Gasteiger partial charge in [-0.05, 0) is 0 Å². The molecule has 1 unspecified atom stereocenters. The van der Waals surface area contributed by atoms with Gasteiger partial charge in [-0.1, -0.05) is 0 Å². The lowest BCUT2D eigenvalue weighted by molar-refractivity contribution is -0.135. The molecule has 4 atom stereocenters. The lowest BCUT2D eigenvalue weighted by Gasteiger charge is -2.26. The number of ether oxygens (including phenoxy) is 1. The van der Waals surface area contributed by atoms with Crippen LogP contribution < -0.4 is 11.2 Å². The van der Waals surface area contributed by atoms with E-state index in [2.05, 4.69) is 9.05 Å². The number of rotatable bonds is 1. The fraction of sp³-hybridized carbons (Fsp3) is 0.556. The Morgan fingerprint density at radius 2 is 2.20 bits per heavy atom. The molecular formula is C9H9F2N2O6P. The van der Waals surface area contributed by atoms with E-state index in [0.29, 0.717) is 4.57 Å². The highest BCUT2D eigenvalue weighted by molar-refractivity contribution is 7.33. The first-order valence-corrected chi connectivity index (χ1v) is 6.80. The zero-order chi connectivity index (χ0) is 14.5. The van der Waals surface area contributed by atoms with Crippen molar-refractivity contribution in [3.05, 3.63) is 33.1 Å². The fourth-order valence-corrected chi connectivity index (χ4v) is 3.03. The largest absolute Gasteiger partial charge is 0.343 e. The number of nitrogens with zero attached hydrogens (tertiary/aromatic N) is 1. The minimum atomic E-state index is -3.59. The van der Waals surface area contributed by atoms with Crippen LogP contribution in [0, 0.1) is 0 Å². The molecule has 0 saturated carbocycles. The van der Waals surface area contributed by atoms with Crippen molar-refractivity contribution in [2.45, 2.75) is 24.4 Å². The normalized spacial score (nSPS) is 35.7. The van der Waals surface area contributed by atoms with Crippen LogP contribution in [0.1, 0.15) is 6.23 Å². The van der Waals surface area contributed by atoms with Crippen molar-refractivity contribution in [1.29, 1.82) is 0 Å². The zero-order valence-electron chi connectivity index (χ0n) is 9.75. The topological polar surface area (TPSA) is 99.6 Å².